The number of ether oxygens (including phenoxy) is 2. The van der Waals surface area contributed by atoms with Crippen LogP contribution in [0, 0.1) is 6.92 Å². The molecule has 1 heterocycles. The van der Waals surface area contributed by atoms with Crippen molar-refractivity contribution in [3.63, 3.8) is 0 Å². The third kappa shape index (κ3) is 5.98. The van der Waals surface area contributed by atoms with E-state index in [1.54, 1.807) is 37.4 Å². The van der Waals surface area contributed by atoms with Crippen LogP contribution in [0.25, 0.3) is 0 Å². The molecule has 3 aromatic rings. The van der Waals surface area contributed by atoms with E-state index in [0.29, 0.717) is 40.8 Å². The largest absolute Gasteiger partial charge is 0.495 e. The fourth-order valence-corrected chi connectivity index (χ4v) is 3.29. The third-order valence-electron chi connectivity index (χ3n) is 4.80. The topological polar surface area (TPSA) is 89.5 Å². The van der Waals surface area contributed by atoms with Gasteiger partial charge in [-0.25, -0.2) is 0 Å². The molecule has 166 valence electrons. The Labute approximate surface area is 191 Å². The van der Waals surface area contributed by atoms with Crippen molar-refractivity contribution in [3.05, 3.63) is 76.6 Å². The first-order valence-electron chi connectivity index (χ1n) is 9.98. The summed E-state index contributed by atoms with van der Waals surface area (Å²) in [7, 11) is 3.09. The summed E-state index contributed by atoms with van der Waals surface area (Å²) in [6.45, 7) is 1.96. The summed E-state index contributed by atoms with van der Waals surface area (Å²) in [5, 5.41) is 5.89. The molecular weight excluding hydrogens is 430 g/mol. The average molecular weight is 454 g/mol. The highest BCUT2D eigenvalue weighted by Gasteiger charge is 2.11. The third-order valence-corrected chi connectivity index (χ3v) is 5.03. The predicted octanol–water partition coefficient (Wildman–Crippen LogP) is 4.78. The minimum absolute atomic E-state index is 0.135. The lowest BCUT2D eigenvalue weighted by atomic mass is 10.0. The second-order valence-corrected chi connectivity index (χ2v) is 7.48. The van der Waals surface area contributed by atoms with Crippen LogP contribution in [0.1, 0.15) is 28.0 Å². The molecule has 0 radical (unpaired) electrons. The Bertz CT molecular complexity index is 1130. The number of aryl methyl sites for hydroxylation is 2. The summed E-state index contributed by atoms with van der Waals surface area (Å²) in [5.41, 5.74) is 2.85. The van der Waals surface area contributed by atoms with Gasteiger partial charge in [-0.3, -0.25) is 14.6 Å². The van der Waals surface area contributed by atoms with E-state index in [-0.39, 0.29) is 17.5 Å². The van der Waals surface area contributed by atoms with Gasteiger partial charge in [0, 0.05) is 30.8 Å². The maximum atomic E-state index is 12.4. The van der Waals surface area contributed by atoms with E-state index >= 15 is 0 Å². The van der Waals surface area contributed by atoms with Crippen molar-refractivity contribution in [1.29, 1.82) is 0 Å². The molecule has 3 rings (SSSR count). The molecule has 0 fully saturated rings. The first-order valence-corrected chi connectivity index (χ1v) is 10.4. The molecule has 0 aliphatic carbocycles. The molecule has 0 aliphatic rings. The number of carbonyl (C=O) groups is 2. The van der Waals surface area contributed by atoms with Gasteiger partial charge < -0.3 is 20.1 Å². The number of halogens is 1. The molecular formula is C24H24ClN3O4. The number of benzene rings is 2. The van der Waals surface area contributed by atoms with Crippen molar-refractivity contribution in [3.8, 4) is 17.2 Å². The van der Waals surface area contributed by atoms with Gasteiger partial charge in [0.05, 0.1) is 12.8 Å². The van der Waals surface area contributed by atoms with Crippen LogP contribution in [0.15, 0.2) is 54.7 Å². The Kier molecular flexibility index (Phi) is 7.68. The quantitative estimate of drug-likeness (QED) is 0.512. The number of nitrogens with zero attached hydrogens (tertiary/aromatic N) is 1. The zero-order valence-corrected chi connectivity index (χ0v) is 18.8. The van der Waals surface area contributed by atoms with Gasteiger partial charge in [0.1, 0.15) is 22.9 Å². The summed E-state index contributed by atoms with van der Waals surface area (Å²) in [6, 6.07) is 14.0. The van der Waals surface area contributed by atoms with Gasteiger partial charge in [0.25, 0.3) is 5.91 Å². The van der Waals surface area contributed by atoms with Crippen molar-refractivity contribution < 1.29 is 19.1 Å². The molecule has 0 atom stereocenters. The van der Waals surface area contributed by atoms with Crippen molar-refractivity contribution >= 4 is 29.1 Å². The van der Waals surface area contributed by atoms with Gasteiger partial charge in [0.2, 0.25) is 5.91 Å². The lowest BCUT2D eigenvalue weighted by Gasteiger charge is -2.12. The first-order chi connectivity index (χ1) is 15.4. The lowest BCUT2D eigenvalue weighted by Crippen LogP contribution is -2.18. The summed E-state index contributed by atoms with van der Waals surface area (Å²) in [6.07, 6.45) is 2.39. The molecule has 0 spiro atoms. The van der Waals surface area contributed by atoms with Gasteiger partial charge in [-0.05, 0) is 60.9 Å². The Hall–Kier alpha value is -3.58. The van der Waals surface area contributed by atoms with E-state index < -0.39 is 0 Å². The molecule has 2 N–H and O–H groups in total. The summed E-state index contributed by atoms with van der Waals surface area (Å²) in [4.78, 5) is 28.2. The van der Waals surface area contributed by atoms with Gasteiger partial charge in [-0.2, -0.15) is 0 Å². The Morgan fingerprint density at radius 3 is 2.56 bits per heavy atom. The number of amides is 2. The molecule has 0 aliphatic heterocycles. The maximum absolute atomic E-state index is 12.4. The molecule has 2 aromatic carbocycles. The van der Waals surface area contributed by atoms with Crippen LogP contribution in [0.4, 0.5) is 5.69 Å². The number of aromatic nitrogens is 1. The van der Waals surface area contributed by atoms with Crippen molar-refractivity contribution in [2.75, 3.05) is 19.5 Å². The van der Waals surface area contributed by atoms with Crippen LogP contribution < -0.4 is 20.1 Å². The van der Waals surface area contributed by atoms with Gasteiger partial charge in [-0.1, -0.05) is 17.7 Å². The van der Waals surface area contributed by atoms with E-state index in [0.717, 1.165) is 11.1 Å². The van der Waals surface area contributed by atoms with Crippen molar-refractivity contribution in [1.82, 2.24) is 10.3 Å². The molecule has 0 saturated carbocycles. The Balaban J connectivity index is 1.62. The fourth-order valence-electron chi connectivity index (χ4n) is 3.11. The SMILES string of the molecule is CNC(=O)c1cc(Oc2ccc(CCC(=O)Nc3cc(Cl)ccc3OC)c(C)c2)ccn1. The molecule has 1 aromatic heterocycles. The molecule has 0 saturated heterocycles. The predicted molar refractivity (Wildman–Crippen MR) is 124 cm³/mol. The average Bonchev–Trinajstić information content (AvgIpc) is 2.78. The van der Waals surface area contributed by atoms with Crippen LogP contribution in [-0.2, 0) is 11.2 Å². The standard InChI is InChI=1S/C24H24ClN3O4/c1-15-12-18(32-19-10-11-27-21(14-19)24(30)26-2)7-4-16(15)5-9-23(29)28-20-13-17(25)6-8-22(20)31-3/h4,6-8,10-14H,5,9H2,1-3H3,(H,26,30)(H,28,29). The van der Waals surface area contributed by atoms with Crippen molar-refractivity contribution in [2.45, 2.75) is 19.8 Å². The molecule has 0 bridgehead atoms. The van der Waals surface area contributed by atoms with Gasteiger partial charge >= 0.3 is 0 Å². The number of nitrogens with one attached hydrogen (secondary N) is 2. The summed E-state index contributed by atoms with van der Waals surface area (Å²) < 4.78 is 11.1. The normalized spacial score (nSPS) is 10.4. The zero-order chi connectivity index (χ0) is 23.1. The van der Waals surface area contributed by atoms with Gasteiger partial charge in [0.15, 0.2) is 0 Å². The highest BCUT2D eigenvalue weighted by atomic mass is 35.5. The fraction of sp³-hybridized carbons (Fsp3) is 0.208. The smallest absolute Gasteiger partial charge is 0.269 e. The number of carbonyl (C=O) groups excluding carboxylic acids is 2. The van der Waals surface area contributed by atoms with Crippen LogP contribution in [0.3, 0.4) is 0 Å². The second kappa shape index (κ2) is 10.6. The monoisotopic (exact) mass is 453 g/mol. The first kappa shape index (κ1) is 23.1. The second-order valence-electron chi connectivity index (χ2n) is 7.04. The number of hydrogen-bond donors (Lipinski definition) is 2. The number of hydrogen-bond acceptors (Lipinski definition) is 5. The molecule has 7 nitrogen and oxygen atoms in total. The highest BCUT2D eigenvalue weighted by molar-refractivity contribution is 6.31. The van der Waals surface area contributed by atoms with E-state index in [1.807, 2.05) is 25.1 Å². The van der Waals surface area contributed by atoms with Crippen LogP contribution in [-0.4, -0.2) is 31.0 Å². The van der Waals surface area contributed by atoms with E-state index in [2.05, 4.69) is 15.6 Å². The van der Waals surface area contributed by atoms with Gasteiger partial charge in [-0.15, -0.1) is 0 Å². The molecule has 0 unspecified atom stereocenters. The van der Waals surface area contributed by atoms with Crippen LogP contribution in [0.2, 0.25) is 5.02 Å². The van der Waals surface area contributed by atoms with E-state index in [4.69, 9.17) is 21.1 Å². The van der Waals surface area contributed by atoms with Crippen molar-refractivity contribution in [2.24, 2.45) is 0 Å². The minimum atomic E-state index is -0.282. The molecule has 2 amide bonds. The number of anilines is 1. The number of rotatable bonds is 8. The summed E-state index contributed by atoms with van der Waals surface area (Å²) in [5.74, 6) is 1.28. The number of pyridine rings is 1. The Morgan fingerprint density at radius 2 is 1.84 bits per heavy atom. The van der Waals surface area contributed by atoms with E-state index in [9.17, 15) is 9.59 Å². The molecule has 8 heteroatoms. The minimum Gasteiger partial charge on any atom is -0.495 e. The highest BCUT2D eigenvalue weighted by Crippen LogP contribution is 2.28. The van der Waals surface area contributed by atoms with Crippen LogP contribution in [0.5, 0.6) is 17.2 Å². The van der Waals surface area contributed by atoms with E-state index in [1.165, 1.54) is 13.3 Å². The number of methoxy groups -OCH3 is 1. The summed E-state index contributed by atoms with van der Waals surface area (Å²) >= 11 is 6.01. The maximum Gasteiger partial charge on any atom is 0.269 e. The Morgan fingerprint density at radius 1 is 1.06 bits per heavy atom. The molecule has 32 heavy (non-hydrogen) atoms. The zero-order valence-electron chi connectivity index (χ0n) is 18.1. The van der Waals surface area contributed by atoms with Crippen LogP contribution >= 0.6 is 11.6 Å². The lowest BCUT2D eigenvalue weighted by molar-refractivity contribution is -0.116.